The van der Waals surface area contributed by atoms with Crippen LogP contribution in [0.4, 0.5) is 0 Å². The lowest BCUT2D eigenvalue weighted by atomic mass is 10.2. The summed E-state index contributed by atoms with van der Waals surface area (Å²) in [4.78, 5) is 0. The first-order valence-electron chi connectivity index (χ1n) is 3.57. The second-order valence-electron chi connectivity index (χ2n) is 2.05. The molecule has 0 fully saturated rings. The van der Waals surface area contributed by atoms with Gasteiger partial charge in [0.15, 0.2) is 0 Å². The Labute approximate surface area is 66.6 Å². The van der Waals surface area contributed by atoms with Crippen molar-refractivity contribution in [2.75, 3.05) is 12.0 Å². The van der Waals surface area contributed by atoms with Crippen molar-refractivity contribution in [3.8, 4) is 0 Å². The molecule has 0 amide bonds. The van der Waals surface area contributed by atoms with Crippen molar-refractivity contribution >= 4 is 21.6 Å². The molecule has 0 aliphatic rings. The molecule has 0 rings (SSSR count). The van der Waals surface area contributed by atoms with Crippen molar-refractivity contribution in [2.24, 2.45) is 0 Å². The van der Waals surface area contributed by atoms with E-state index in [-0.39, 0.29) is 0 Å². The minimum absolute atomic E-state index is 1.33. The Morgan fingerprint density at radius 1 is 1.11 bits per heavy atom. The predicted molar refractivity (Wildman–Crippen MR) is 50.1 cm³/mol. The third-order valence-corrected chi connectivity index (χ3v) is 3.10. The summed E-state index contributed by atoms with van der Waals surface area (Å²) in [5, 5.41) is 0. The maximum absolute atomic E-state index is 2.25. The molecule has 0 bridgehead atoms. The molecule has 9 heavy (non-hydrogen) atoms. The van der Waals surface area contributed by atoms with E-state index in [4.69, 9.17) is 0 Å². The number of unbranched alkanes of at least 4 members (excludes halogenated alkanes) is 3. The fraction of sp³-hybridized carbons (Fsp3) is 1.00. The van der Waals surface area contributed by atoms with Gasteiger partial charge in [0.25, 0.3) is 0 Å². The minimum atomic E-state index is 1.33. The smallest absolute Gasteiger partial charge is 0.00368 e. The van der Waals surface area contributed by atoms with Gasteiger partial charge in [0, 0.05) is 5.75 Å². The van der Waals surface area contributed by atoms with E-state index in [9.17, 15) is 0 Å². The van der Waals surface area contributed by atoms with Gasteiger partial charge in [-0.1, -0.05) is 47.8 Å². The Kier molecular flexibility index (Phi) is 9.38. The standard InChI is InChI=1S/C7H16S2/c1-3-4-5-6-7-9-8-2/h3-7H2,1-2H3. The monoisotopic (exact) mass is 164 g/mol. The summed E-state index contributed by atoms with van der Waals surface area (Å²) in [6.45, 7) is 2.25. The van der Waals surface area contributed by atoms with Crippen molar-refractivity contribution in [1.29, 1.82) is 0 Å². The molecule has 0 aromatic carbocycles. The van der Waals surface area contributed by atoms with Crippen LogP contribution in [0.25, 0.3) is 0 Å². The third-order valence-electron chi connectivity index (χ3n) is 1.20. The largest absolute Gasteiger partial charge is 0.0976 e. The Balaban J connectivity index is 2.60. The Bertz CT molecular complexity index is 40.2. The van der Waals surface area contributed by atoms with Gasteiger partial charge in [-0.2, -0.15) is 0 Å². The van der Waals surface area contributed by atoms with Crippen LogP contribution in [-0.2, 0) is 0 Å². The maximum atomic E-state index is 2.25. The summed E-state index contributed by atoms with van der Waals surface area (Å²) in [7, 11) is 3.85. The molecule has 0 atom stereocenters. The van der Waals surface area contributed by atoms with Gasteiger partial charge in [-0.3, -0.25) is 0 Å². The lowest BCUT2D eigenvalue weighted by Crippen LogP contribution is -1.77. The van der Waals surface area contributed by atoms with Gasteiger partial charge in [0.05, 0.1) is 0 Å². The van der Waals surface area contributed by atoms with Crippen LogP contribution in [-0.4, -0.2) is 12.0 Å². The molecule has 0 aliphatic carbocycles. The van der Waals surface area contributed by atoms with Gasteiger partial charge in [0.1, 0.15) is 0 Å². The molecule has 0 spiro atoms. The molecule has 0 unspecified atom stereocenters. The number of rotatable bonds is 6. The highest BCUT2D eigenvalue weighted by atomic mass is 33.1. The number of hydrogen-bond donors (Lipinski definition) is 0. The van der Waals surface area contributed by atoms with E-state index in [1.165, 1.54) is 31.4 Å². The Morgan fingerprint density at radius 3 is 2.44 bits per heavy atom. The van der Waals surface area contributed by atoms with Crippen LogP contribution in [0.5, 0.6) is 0 Å². The molecule has 0 saturated heterocycles. The van der Waals surface area contributed by atoms with Gasteiger partial charge < -0.3 is 0 Å². The average Bonchev–Trinajstić information content (AvgIpc) is 1.89. The molecular weight excluding hydrogens is 148 g/mol. The molecule has 0 saturated carbocycles. The van der Waals surface area contributed by atoms with Crippen LogP contribution >= 0.6 is 21.6 Å². The van der Waals surface area contributed by atoms with E-state index in [1.54, 1.807) is 0 Å². The molecule has 2 heteroatoms. The second-order valence-corrected chi connectivity index (χ2v) is 4.73. The summed E-state index contributed by atoms with van der Waals surface area (Å²) < 4.78 is 0. The van der Waals surface area contributed by atoms with E-state index in [2.05, 4.69) is 13.2 Å². The molecule has 0 heterocycles. The van der Waals surface area contributed by atoms with E-state index >= 15 is 0 Å². The van der Waals surface area contributed by atoms with Crippen molar-refractivity contribution in [2.45, 2.75) is 32.6 Å². The van der Waals surface area contributed by atoms with Crippen molar-refractivity contribution in [3.05, 3.63) is 0 Å². The summed E-state index contributed by atoms with van der Waals surface area (Å²) >= 11 is 0. The molecule has 0 N–H and O–H groups in total. The predicted octanol–water partition coefficient (Wildman–Crippen LogP) is 3.58. The fourth-order valence-electron chi connectivity index (χ4n) is 0.671. The summed E-state index contributed by atoms with van der Waals surface area (Å²) in [5.74, 6) is 1.33. The highest BCUT2D eigenvalue weighted by Crippen LogP contribution is 2.18. The summed E-state index contributed by atoms with van der Waals surface area (Å²) in [5.41, 5.74) is 0. The summed E-state index contributed by atoms with van der Waals surface area (Å²) in [6, 6.07) is 0. The molecule has 0 aromatic heterocycles. The van der Waals surface area contributed by atoms with Crippen LogP contribution in [0.3, 0.4) is 0 Å². The van der Waals surface area contributed by atoms with Crippen LogP contribution in [0.1, 0.15) is 32.6 Å². The topological polar surface area (TPSA) is 0 Å². The number of hydrogen-bond acceptors (Lipinski definition) is 2. The first-order chi connectivity index (χ1) is 4.41. The maximum Gasteiger partial charge on any atom is 0.00368 e. The van der Waals surface area contributed by atoms with Gasteiger partial charge in [-0.15, -0.1) is 0 Å². The quantitative estimate of drug-likeness (QED) is 0.435. The normalized spacial score (nSPS) is 10.0. The van der Waals surface area contributed by atoms with Gasteiger partial charge in [-0.25, -0.2) is 0 Å². The lowest BCUT2D eigenvalue weighted by molar-refractivity contribution is 0.707. The van der Waals surface area contributed by atoms with E-state index in [0.717, 1.165) is 0 Å². The van der Waals surface area contributed by atoms with Gasteiger partial charge >= 0.3 is 0 Å². The van der Waals surface area contributed by atoms with Crippen LogP contribution in [0, 0.1) is 0 Å². The second kappa shape index (κ2) is 8.70. The molecule has 0 aromatic rings. The van der Waals surface area contributed by atoms with E-state index < -0.39 is 0 Å². The van der Waals surface area contributed by atoms with E-state index in [1.807, 2.05) is 21.6 Å². The van der Waals surface area contributed by atoms with Crippen LogP contribution < -0.4 is 0 Å². The van der Waals surface area contributed by atoms with Crippen LogP contribution in [0.15, 0.2) is 0 Å². The van der Waals surface area contributed by atoms with E-state index in [0.29, 0.717) is 0 Å². The fourth-order valence-corrected chi connectivity index (χ4v) is 2.01. The minimum Gasteiger partial charge on any atom is -0.0976 e. The average molecular weight is 164 g/mol. The first kappa shape index (κ1) is 9.70. The molecule has 0 aliphatic heterocycles. The first-order valence-corrected chi connectivity index (χ1v) is 6.30. The highest BCUT2D eigenvalue weighted by molar-refractivity contribution is 8.76. The molecular formula is C7H16S2. The van der Waals surface area contributed by atoms with Crippen molar-refractivity contribution < 1.29 is 0 Å². The Hall–Kier alpha value is 0.700. The van der Waals surface area contributed by atoms with Gasteiger partial charge in [-0.05, 0) is 12.7 Å². The van der Waals surface area contributed by atoms with Crippen molar-refractivity contribution in [1.82, 2.24) is 0 Å². The van der Waals surface area contributed by atoms with Crippen LogP contribution in [0.2, 0.25) is 0 Å². The lowest BCUT2D eigenvalue weighted by Gasteiger charge is -1.95. The zero-order valence-corrected chi connectivity index (χ0v) is 7.99. The van der Waals surface area contributed by atoms with Crippen molar-refractivity contribution in [3.63, 3.8) is 0 Å². The molecule has 0 nitrogen and oxygen atoms in total. The molecule has 0 radical (unpaired) electrons. The zero-order chi connectivity index (χ0) is 6.95. The summed E-state index contributed by atoms with van der Waals surface area (Å²) in [6.07, 6.45) is 7.73. The molecule has 56 valence electrons. The Morgan fingerprint density at radius 2 is 1.89 bits per heavy atom. The zero-order valence-electron chi connectivity index (χ0n) is 6.35. The SMILES string of the molecule is CCCCCCSSC. The van der Waals surface area contributed by atoms with Gasteiger partial charge in [0.2, 0.25) is 0 Å². The highest BCUT2D eigenvalue weighted by Gasteiger charge is 1.86. The third kappa shape index (κ3) is 8.70.